The molecule has 2 N–H and O–H groups in total. The molecule has 2 aliphatic heterocycles. The SMILES string of the molecule is CS(=O)(=O)Nc1ccc2n(c1=O)C[C@@H]1CNC[C@H]2C1. The van der Waals surface area contributed by atoms with Gasteiger partial charge in [-0.05, 0) is 31.0 Å². The Bertz CT molecular complexity index is 665. The van der Waals surface area contributed by atoms with Crippen LogP contribution in [0.2, 0.25) is 0 Å². The Hall–Kier alpha value is -1.34. The fraction of sp³-hybridized carbons (Fsp3) is 0.583. The molecule has 2 bridgehead atoms. The second-order valence-corrected chi connectivity index (χ2v) is 7.17. The summed E-state index contributed by atoms with van der Waals surface area (Å²) in [5.41, 5.74) is 0.909. The lowest BCUT2D eigenvalue weighted by atomic mass is 9.84. The Labute approximate surface area is 111 Å². The van der Waals surface area contributed by atoms with Crippen molar-refractivity contribution in [2.24, 2.45) is 5.92 Å². The first-order valence-electron chi connectivity index (χ1n) is 6.36. The number of piperidine rings is 1. The minimum absolute atomic E-state index is 0.138. The number of hydrogen-bond donors (Lipinski definition) is 2. The highest BCUT2D eigenvalue weighted by molar-refractivity contribution is 7.92. The van der Waals surface area contributed by atoms with Crippen LogP contribution in [0.5, 0.6) is 0 Å². The third-order valence-electron chi connectivity index (χ3n) is 3.80. The van der Waals surface area contributed by atoms with Gasteiger partial charge in [0.1, 0.15) is 5.69 Å². The number of anilines is 1. The van der Waals surface area contributed by atoms with Gasteiger partial charge in [0.2, 0.25) is 10.0 Å². The zero-order chi connectivity index (χ0) is 13.6. The summed E-state index contributed by atoms with van der Waals surface area (Å²) in [6.45, 7) is 2.47. The first-order chi connectivity index (χ1) is 8.94. The third-order valence-corrected chi connectivity index (χ3v) is 4.39. The highest BCUT2D eigenvalue weighted by Crippen LogP contribution is 2.32. The van der Waals surface area contributed by atoms with Gasteiger partial charge in [0.15, 0.2) is 0 Å². The van der Waals surface area contributed by atoms with Crippen molar-refractivity contribution in [3.63, 3.8) is 0 Å². The van der Waals surface area contributed by atoms with Crippen LogP contribution in [0.1, 0.15) is 18.0 Å². The second-order valence-electron chi connectivity index (χ2n) is 5.42. The van der Waals surface area contributed by atoms with Crippen LogP contribution in [0.4, 0.5) is 5.69 Å². The van der Waals surface area contributed by atoms with E-state index in [4.69, 9.17) is 0 Å². The largest absolute Gasteiger partial charge is 0.316 e. The smallest absolute Gasteiger partial charge is 0.275 e. The van der Waals surface area contributed by atoms with Gasteiger partial charge < -0.3 is 9.88 Å². The second kappa shape index (κ2) is 4.35. The Balaban J connectivity index is 2.06. The molecule has 1 aromatic rings. The van der Waals surface area contributed by atoms with Crippen LogP contribution in [0, 0.1) is 5.92 Å². The summed E-state index contributed by atoms with van der Waals surface area (Å²) in [6.07, 6.45) is 2.15. The fourth-order valence-electron chi connectivity index (χ4n) is 3.07. The molecule has 1 fully saturated rings. The molecule has 104 valence electrons. The summed E-state index contributed by atoms with van der Waals surface area (Å²) in [7, 11) is -3.42. The summed E-state index contributed by atoms with van der Waals surface area (Å²) in [4.78, 5) is 12.3. The molecule has 0 saturated carbocycles. The maximum absolute atomic E-state index is 12.3. The van der Waals surface area contributed by atoms with Gasteiger partial charge in [-0.25, -0.2) is 8.42 Å². The van der Waals surface area contributed by atoms with Crippen molar-refractivity contribution in [2.45, 2.75) is 18.9 Å². The maximum atomic E-state index is 12.3. The lowest BCUT2D eigenvalue weighted by Crippen LogP contribution is -2.45. The van der Waals surface area contributed by atoms with Crippen LogP contribution < -0.4 is 15.6 Å². The monoisotopic (exact) mass is 283 g/mol. The van der Waals surface area contributed by atoms with E-state index in [1.165, 1.54) is 0 Å². The van der Waals surface area contributed by atoms with Crippen molar-refractivity contribution < 1.29 is 8.42 Å². The third kappa shape index (κ3) is 2.40. The predicted molar refractivity (Wildman–Crippen MR) is 72.9 cm³/mol. The standard InChI is InChI=1S/C12H17N3O3S/c1-19(17,18)14-10-2-3-11-9-4-8(5-13-6-9)7-15(11)12(10)16/h2-3,8-9,13-14H,4-7H2,1H3/t8-,9+/m0/s1. The molecule has 6 nitrogen and oxygen atoms in total. The Morgan fingerprint density at radius 1 is 1.37 bits per heavy atom. The average Bonchev–Trinajstić information content (AvgIpc) is 2.32. The van der Waals surface area contributed by atoms with Crippen LogP contribution >= 0.6 is 0 Å². The lowest BCUT2D eigenvalue weighted by molar-refractivity contribution is 0.257. The first-order valence-corrected chi connectivity index (χ1v) is 8.25. The van der Waals surface area contributed by atoms with E-state index >= 15 is 0 Å². The number of fused-ring (bicyclic) bond motifs is 4. The molecule has 0 aromatic carbocycles. The minimum Gasteiger partial charge on any atom is -0.316 e. The van der Waals surface area contributed by atoms with Gasteiger partial charge in [-0.3, -0.25) is 9.52 Å². The van der Waals surface area contributed by atoms with Gasteiger partial charge in [0, 0.05) is 24.7 Å². The van der Waals surface area contributed by atoms with Gasteiger partial charge in [-0.2, -0.15) is 0 Å². The van der Waals surface area contributed by atoms with E-state index in [0.29, 0.717) is 18.4 Å². The number of nitrogens with zero attached hydrogens (tertiary/aromatic N) is 1. The molecular formula is C12H17N3O3S. The quantitative estimate of drug-likeness (QED) is 0.796. The summed E-state index contributed by atoms with van der Waals surface area (Å²) in [5, 5.41) is 3.37. The summed E-state index contributed by atoms with van der Waals surface area (Å²) < 4.78 is 26.5. The molecule has 1 aromatic heterocycles. The molecule has 0 unspecified atom stereocenters. The lowest BCUT2D eigenvalue weighted by Gasteiger charge is -2.37. The number of aromatic nitrogens is 1. The van der Waals surface area contributed by atoms with Gasteiger partial charge in [0.25, 0.3) is 5.56 Å². The topological polar surface area (TPSA) is 80.2 Å². The van der Waals surface area contributed by atoms with Gasteiger partial charge >= 0.3 is 0 Å². The number of nitrogens with one attached hydrogen (secondary N) is 2. The number of hydrogen-bond acceptors (Lipinski definition) is 4. The summed E-state index contributed by atoms with van der Waals surface area (Å²) in [5.74, 6) is 0.810. The van der Waals surface area contributed by atoms with Gasteiger partial charge in [-0.1, -0.05) is 0 Å². The molecular weight excluding hydrogens is 266 g/mol. The van der Waals surface area contributed by atoms with E-state index in [0.717, 1.165) is 31.5 Å². The molecule has 0 aliphatic carbocycles. The van der Waals surface area contributed by atoms with Crippen LogP contribution in [0.15, 0.2) is 16.9 Å². The molecule has 2 atom stereocenters. The van der Waals surface area contributed by atoms with Crippen molar-refractivity contribution >= 4 is 15.7 Å². The van der Waals surface area contributed by atoms with Crippen molar-refractivity contribution in [1.29, 1.82) is 0 Å². The Morgan fingerprint density at radius 2 is 2.16 bits per heavy atom. The molecule has 0 amide bonds. The normalized spacial score (nSPS) is 25.7. The van der Waals surface area contributed by atoms with E-state index in [-0.39, 0.29) is 11.2 Å². The van der Waals surface area contributed by atoms with Crippen LogP contribution in [0.25, 0.3) is 0 Å². The molecule has 1 saturated heterocycles. The fourth-order valence-corrected chi connectivity index (χ4v) is 3.62. The van der Waals surface area contributed by atoms with Gasteiger partial charge in [-0.15, -0.1) is 0 Å². The molecule has 0 radical (unpaired) electrons. The number of rotatable bonds is 2. The summed E-state index contributed by atoms with van der Waals surface area (Å²) >= 11 is 0. The van der Waals surface area contributed by atoms with Crippen LogP contribution in [-0.4, -0.2) is 32.3 Å². The van der Waals surface area contributed by atoms with E-state index in [1.807, 2.05) is 6.07 Å². The molecule has 7 heteroatoms. The number of sulfonamides is 1. The van der Waals surface area contributed by atoms with Crippen LogP contribution in [-0.2, 0) is 16.6 Å². The highest BCUT2D eigenvalue weighted by Gasteiger charge is 2.31. The number of pyridine rings is 1. The first kappa shape index (κ1) is 12.7. The predicted octanol–water partition coefficient (Wildman–Crippen LogP) is -0.0735. The Morgan fingerprint density at radius 3 is 2.89 bits per heavy atom. The van der Waals surface area contributed by atoms with E-state index < -0.39 is 10.0 Å². The highest BCUT2D eigenvalue weighted by atomic mass is 32.2. The molecule has 0 spiro atoms. The zero-order valence-corrected chi connectivity index (χ0v) is 11.5. The van der Waals surface area contributed by atoms with Gasteiger partial charge in [0.05, 0.1) is 6.26 Å². The van der Waals surface area contributed by atoms with E-state index in [9.17, 15) is 13.2 Å². The van der Waals surface area contributed by atoms with Crippen molar-refractivity contribution in [2.75, 3.05) is 24.1 Å². The zero-order valence-electron chi connectivity index (χ0n) is 10.7. The maximum Gasteiger partial charge on any atom is 0.275 e. The average molecular weight is 283 g/mol. The van der Waals surface area contributed by atoms with Crippen molar-refractivity contribution in [1.82, 2.24) is 9.88 Å². The van der Waals surface area contributed by atoms with Crippen LogP contribution in [0.3, 0.4) is 0 Å². The Kier molecular flexibility index (Phi) is 2.90. The van der Waals surface area contributed by atoms with E-state index in [1.54, 1.807) is 10.6 Å². The minimum atomic E-state index is -3.42. The van der Waals surface area contributed by atoms with Crippen molar-refractivity contribution in [3.8, 4) is 0 Å². The molecule has 19 heavy (non-hydrogen) atoms. The van der Waals surface area contributed by atoms with Crippen molar-refractivity contribution in [3.05, 3.63) is 28.2 Å². The molecule has 2 aliphatic rings. The molecule has 3 heterocycles. The van der Waals surface area contributed by atoms with E-state index in [2.05, 4.69) is 10.0 Å². The summed E-state index contributed by atoms with van der Waals surface area (Å²) in [6, 6.07) is 3.44. The molecule has 3 rings (SSSR count).